The average Bonchev–Trinajstić information content (AvgIpc) is 2.96. The molecule has 5 heteroatoms. The van der Waals surface area contributed by atoms with Crippen molar-refractivity contribution in [2.75, 3.05) is 7.11 Å². The number of Topliss-reactive ketones (excluding diaryl/α,β-unsaturated/α-hetero) is 1. The summed E-state index contributed by atoms with van der Waals surface area (Å²) in [6.07, 6.45) is 1.19. The van der Waals surface area contributed by atoms with Gasteiger partial charge in [0.05, 0.1) is 18.2 Å². The highest BCUT2D eigenvalue weighted by molar-refractivity contribution is 5.98. The molecule has 0 aromatic heterocycles. The standard InChI is InChI=1S/C16H19F3O2/c1-21-15-9-7-12(16(17,18)19)10-13(15)14(20)8-6-11-4-2-3-5-11/h7,9-11H,2-6,8H2,1H3. The van der Waals surface area contributed by atoms with Crippen molar-refractivity contribution in [3.63, 3.8) is 0 Å². The Morgan fingerprint density at radius 1 is 1.29 bits per heavy atom. The fraction of sp³-hybridized carbons (Fsp3) is 0.562. The molecule has 1 saturated carbocycles. The molecule has 0 N–H and O–H groups in total. The summed E-state index contributed by atoms with van der Waals surface area (Å²) in [6.45, 7) is 0. The zero-order valence-electron chi connectivity index (χ0n) is 12.0. The Labute approximate surface area is 122 Å². The van der Waals surface area contributed by atoms with Crippen LogP contribution in [0.3, 0.4) is 0 Å². The number of halogens is 3. The molecule has 0 heterocycles. The summed E-state index contributed by atoms with van der Waals surface area (Å²) in [6, 6.07) is 3.05. The van der Waals surface area contributed by atoms with Gasteiger partial charge in [-0.25, -0.2) is 0 Å². The predicted molar refractivity (Wildman–Crippen MR) is 73.5 cm³/mol. The molecule has 0 atom stereocenters. The van der Waals surface area contributed by atoms with Gasteiger partial charge in [-0.1, -0.05) is 25.7 Å². The van der Waals surface area contributed by atoms with Crippen LogP contribution in [0.1, 0.15) is 54.4 Å². The van der Waals surface area contributed by atoms with E-state index >= 15 is 0 Å². The van der Waals surface area contributed by atoms with Gasteiger partial charge in [-0.3, -0.25) is 4.79 Å². The zero-order chi connectivity index (χ0) is 15.5. The third-order valence-electron chi connectivity index (χ3n) is 4.08. The van der Waals surface area contributed by atoms with Crippen molar-refractivity contribution >= 4 is 5.78 Å². The molecule has 2 rings (SSSR count). The number of hydrogen-bond donors (Lipinski definition) is 0. The Balaban J connectivity index is 2.13. The molecule has 1 fully saturated rings. The molecule has 1 aliphatic carbocycles. The minimum absolute atomic E-state index is 0.0327. The summed E-state index contributed by atoms with van der Waals surface area (Å²) in [7, 11) is 1.36. The van der Waals surface area contributed by atoms with E-state index < -0.39 is 11.7 Å². The summed E-state index contributed by atoms with van der Waals surface area (Å²) >= 11 is 0. The van der Waals surface area contributed by atoms with Crippen molar-refractivity contribution < 1.29 is 22.7 Å². The lowest BCUT2D eigenvalue weighted by Crippen LogP contribution is -2.10. The highest BCUT2D eigenvalue weighted by Crippen LogP contribution is 2.34. The maximum atomic E-state index is 12.7. The van der Waals surface area contributed by atoms with Gasteiger partial charge in [-0.2, -0.15) is 13.2 Å². The molecule has 1 aromatic rings. The van der Waals surface area contributed by atoms with Crippen LogP contribution < -0.4 is 4.74 Å². The number of ether oxygens (including phenoxy) is 1. The molecule has 0 aliphatic heterocycles. The van der Waals surface area contributed by atoms with Crippen LogP contribution in [0.5, 0.6) is 5.75 Å². The van der Waals surface area contributed by atoms with E-state index in [1.807, 2.05) is 0 Å². The van der Waals surface area contributed by atoms with E-state index in [-0.39, 0.29) is 23.5 Å². The summed E-state index contributed by atoms with van der Waals surface area (Å²) < 4.78 is 43.3. The highest BCUT2D eigenvalue weighted by Gasteiger charge is 2.32. The van der Waals surface area contributed by atoms with E-state index in [9.17, 15) is 18.0 Å². The molecular weight excluding hydrogens is 281 g/mol. The van der Waals surface area contributed by atoms with Crippen LogP contribution in [-0.4, -0.2) is 12.9 Å². The fourth-order valence-corrected chi connectivity index (χ4v) is 2.87. The van der Waals surface area contributed by atoms with E-state index in [1.165, 1.54) is 26.0 Å². The topological polar surface area (TPSA) is 26.3 Å². The summed E-state index contributed by atoms with van der Waals surface area (Å²) in [5.41, 5.74) is -0.780. The van der Waals surface area contributed by atoms with Crippen LogP contribution >= 0.6 is 0 Å². The van der Waals surface area contributed by atoms with Crippen LogP contribution in [0.4, 0.5) is 13.2 Å². The number of carbonyl (C=O) groups is 1. The molecule has 0 amide bonds. The first kappa shape index (κ1) is 15.9. The number of ketones is 1. The van der Waals surface area contributed by atoms with Gasteiger partial charge in [0.15, 0.2) is 5.78 Å². The van der Waals surface area contributed by atoms with E-state index in [1.54, 1.807) is 0 Å². The van der Waals surface area contributed by atoms with Crippen LogP contribution in [0, 0.1) is 5.92 Å². The van der Waals surface area contributed by atoms with Crippen molar-refractivity contribution in [2.24, 2.45) is 5.92 Å². The van der Waals surface area contributed by atoms with Crippen molar-refractivity contribution in [3.8, 4) is 5.75 Å². The molecule has 2 nitrogen and oxygen atoms in total. The van der Waals surface area contributed by atoms with Gasteiger partial charge in [0.2, 0.25) is 0 Å². The third-order valence-corrected chi connectivity index (χ3v) is 4.08. The number of hydrogen-bond acceptors (Lipinski definition) is 2. The predicted octanol–water partition coefficient (Wildman–Crippen LogP) is 4.87. The normalized spacial score (nSPS) is 16.2. The monoisotopic (exact) mass is 300 g/mol. The molecule has 21 heavy (non-hydrogen) atoms. The second kappa shape index (κ2) is 6.50. The Kier molecular flexibility index (Phi) is 4.91. The van der Waals surface area contributed by atoms with Gasteiger partial charge in [-0.15, -0.1) is 0 Å². The first-order valence-corrected chi connectivity index (χ1v) is 7.20. The summed E-state index contributed by atoms with van der Waals surface area (Å²) in [4.78, 5) is 12.2. The molecule has 1 aliphatic rings. The van der Waals surface area contributed by atoms with Crippen molar-refractivity contribution in [3.05, 3.63) is 29.3 Å². The quantitative estimate of drug-likeness (QED) is 0.725. The molecule has 1 aromatic carbocycles. The molecular formula is C16H19F3O2. The van der Waals surface area contributed by atoms with Crippen LogP contribution in [0.2, 0.25) is 0 Å². The van der Waals surface area contributed by atoms with Gasteiger partial charge in [-0.05, 0) is 30.5 Å². The number of rotatable bonds is 5. The maximum Gasteiger partial charge on any atom is 0.416 e. The molecule has 0 unspecified atom stereocenters. The zero-order valence-corrected chi connectivity index (χ0v) is 12.0. The number of methoxy groups -OCH3 is 1. The lowest BCUT2D eigenvalue weighted by molar-refractivity contribution is -0.137. The lowest BCUT2D eigenvalue weighted by Gasteiger charge is -2.13. The molecule has 0 bridgehead atoms. The highest BCUT2D eigenvalue weighted by atomic mass is 19.4. The third kappa shape index (κ3) is 3.99. The Morgan fingerprint density at radius 3 is 2.52 bits per heavy atom. The van der Waals surface area contributed by atoms with Crippen molar-refractivity contribution in [1.82, 2.24) is 0 Å². The van der Waals surface area contributed by atoms with Gasteiger partial charge >= 0.3 is 6.18 Å². The van der Waals surface area contributed by atoms with Crippen molar-refractivity contribution in [2.45, 2.75) is 44.7 Å². The second-order valence-corrected chi connectivity index (χ2v) is 5.53. The average molecular weight is 300 g/mol. The molecule has 0 saturated heterocycles. The first-order valence-electron chi connectivity index (χ1n) is 7.20. The van der Waals surface area contributed by atoms with Crippen LogP contribution in [0.25, 0.3) is 0 Å². The second-order valence-electron chi connectivity index (χ2n) is 5.53. The number of alkyl halides is 3. The van der Waals surface area contributed by atoms with E-state index in [2.05, 4.69) is 0 Å². The molecule has 116 valence electrons. The SMILES string of the molecule is COc1ccc(C(F)(F)F)cc1C(=O)CCC1CCCC1. The summed E-state index contributed by atoms with van der Waals surface area (Å²) in [5, 5.41) is 0. The van der Waals surface area contributed by atoms with E-state index in [0.717, 1.165) is 31.4 Å². The minimum Gasteiger partial charge on any atom is -0.496 e. The smallest absolute Gasteiger partial charge is 0.416 e. The van der Waals surface area contributed by atoms with Crippen molar-refractivity contribution in [1.29, 1.82) is 0 Å². The first-order chi connectivity index (χ1) is 9.91. The minimum atomic E-state index is -4.45. The largest absolute Gasteiger partial charge is 0.496 e. The molecule has 0 spiro atoms. The Morgan fingerprint density at radius 2 is 1.95 bits per heavy atom. The van der Waals surface area contributed by atoms with Crippen LogP contribution in [0.15, 0.2) is 18.2 Å². The lowest BCUT2D eigenvalue weighted by atomic mass is 9.96. The van der Waals surface area contributed by atoms with Gasteiger partial charge < -0.3 is 4.74 Å². The summed E-state index contributed by atoms with van der Waals surface area (Å²) in [5.74, 6) is 0.468. The number of benzene rings is 1. The van der Waals surface area contributed by atoms with Gasteiger partial charge in [0.1, 0.15) is 5.75 Å². The Bertz CT molecular complexity index is 503. The fourth-order valence-electron chi connectivity index (χ4n) is 2.87. The van der Waals surface area contributed by atoms with E-state index in [4.69, 9.17) is 4.74 Å². The molecule has 0 radical (unpaired) electrons. The van der Waals surface area contributed by atoms with Gasteiger partial charge in [0.25, 0.3) is 0 Å². The van der Waals surface area contributed by atoms with Crippen LogP contribution in [-0.2, 0) is 6.18 Å². The Hall–Kier alpha value is -1.52. The number of carbonyl (C=O) groups excluding carboxylic acids is 1. The maximum absolute atomic E-state index is 12.7. The van der Waals surface area contributed by atoms with E-state index in [0.29, 0.717) is 5.92 Å². The van der Waals surface area contributed by atoms with Gasteiger partial charge in [0, 0.05) is 6.42 Å².